The Labute approximate surface area is 261 Å². The molecule has 2 aromatic carbocycles. The highest BCUT2D eigenvalue weighted by Gasteiger charge is 2.64. The summed E-state index contributed by atoms with van der Waals surface area (Å²) in [6, 6.07) is 12.5. The molecule has 1 heterocycles. The number of ether oxygens (including phenoxy) is 1. The van der Waals surface area contributed by atoms with Crippen molar-refractivity contribution >= 4 is 22.3 Å². The van der Waals surface area contributed by atoms with E-state index in [4.69, 9.17) is 4.74 Å². The van der Waals surface area contributed by atoms with Crippen LogP contribution in [-0.4, -0.2) is 61.5 Å². The average molecular weight is 643 g/mol. The molecule has 8 nitrogen and oxygen atoms in total. The number of benzene rings is 2. The number of likely N-dealkylation sites (N-methyl/N-ethyl adjacent to an activating group) is 1. The Morgan fingerprint density at radius 3 is 2.31 bits per heavy atom. The van der Waals surface area contributed by atoms with E-state index in [-0.39, 0.29) is 54.2 Å². The Bertz CT molecular complexity index is 1690. The molecular weight excluding hydrogens is 605 g/mol. The largest absolute Gasteiger partial charge is 0.476 e. The van der Waals surface area contributed by atoms with Crippen LogP contribution in [0.4, 0.5) is 19.1 Å². The summed E-state index contributed by atoms with van der Waals surface area (Å²) in [6.45, 7) is 3.76. The first-order valence-electron chi connectivity index (χ1n) is 15.2. The van der Waals surface area contributed by atoms with Crippen molar-refractivity contribution in [1.82, 2.24) is 14.9 Å². The average Bonchev–Trinajstić information content (AvgIpc) is 3.89. The van der Waals surface area contributed by atoms with Gasteiger partial charge >= 0.3 is 6.18 Å². The van der Waals surface area contributed by atoms with Crippen LogP contribution in [0, 0.1) is 24.7 Å². The van der Waals surface area contributed by atoms with E-state index in [1.165, 1.54) is 37.1 Å². The van der Waals surface area contributed by atoms with Gasteiger partial charge in [0.1, 0.15) is 12.9 Å². The molecule has 1 spiro atoms. The number of sulfonamides is 1. The van der Waals surface area contributed by atoms with Crippen LogP contribution in [0.25, 0.3) is 11.3 Å². The number of hydrogen-bond donors (Lipinski definition) is 1. The van der Waals surface area contributed by atoms with Crippen LogP contribution in [-0.2, 0) is 10.0 Å². The van der Waals surface area contributed by atoms with Crippen molar-refractivity contribution in [3.63, 3.8) is 0 Å². The fraction of sp³-hybridized carbons (Fsp3) is 0.485. The second kappa shape index (κ2) is 11.4. The number of halogens is 3. The minimum absolute atomic E-state index is 0.0459. The predicted molar refractivity (Wildman–Crippen MR) is 164 cm³/mol. The van der Waals surface area contributed by atoms with Gasteiger partial charge in [-0.3, -0.25) is 9.69 Å². The molecule has 6 rings (SSSR count). The second-order valence-corrected chi connectivity index (χ2v) is 14.8. The van der Waals surface area contributed by atoms with Gasteiger partial charge in [0.2, 0.25) is 11.8 Å². The molecular formula is C33H37F3N4O4S. The van der Waals surface area contributed by atoms with Gasteiger partial charge in [-0.15, -0.1) is 0 Å². The molecule has 240 valence electrons. The number of rotatable bonds is 12. The van der Waals surface area contributed by atoms with Gasteiger partial charge in [0.25, 0.3) is 10.0 Å². The fourth-order valence-electron chi connectivity index (χ4n) is 6.64. The van der Waals surface area contributed by atoms with E-state index in [9.17, 15) is 26.4 Å². The number of alkyl halides is 3. The predicted octanol–water partition coefficient (Wildman–Crippen LogP) is 6.73. The van der Waals surface area contributed by atoms with Gasteiger partial charge in [0.05, 0.1) is 16.0 Å². The lowest BCUT2D eigenvalue weighted by atomic mass is 9.75. The standard InChI is InChI=1S/C33H37F3N4O4S/c1-21-6-4-7-22(2)29(21)27-15-28(38-30(37-27)39-45(42,43)26-9-5-8-23(14-26)19-41)44-20-25(18-32(12-13-32)33(34,35)36)40(3)24-16-31(17-24)10-11-31/h4-9,14-15,19,24-25H,10-13,16-18,20H2,1-3H3,(H,37,38,39)/t25-/m1/s1. The first-order chi connectivity index (χ1) is 21.2. The topological polar surface area (TPSA) is 101 Å². The number of aromatic nitrogens is 2. The number of nitrogens with zero attached hydrogens (tertiary/aromatic N) is 3. The van der Waals surface area contributed by atoms with Gasteiger partial charge < -0.3 is 4.74 Å². The number of carbonyl (C=O) groups excluding carboxylic acids is 1. The lowest BCUT2D eigenvalue weighted by Gasteiger charge is -2.46. The summed E-state index contributed by atoms with van der Waals surface area (Å²) >= 11 is 0. The van der Waals surface area contributed by atoms with Crippen molar-refractivity contribution in [2.45, 2.75) is 81.9 Å². The molecule has 3 saturated carbocycles. The van der Waals surface area contributed by atoms with Crippen molar-refractivity contribution in [3.8, 4) is 17.1 Å². The smallest absolute Gasteiger partial charge is 0.394 e. The van der Waals surface area contributed by atoms with Crippen LogP contribution >= 0.6 is 0 Å². The molecule has 1 aromatic heterocycles. The SMILES string of the molecule is Cc1cccc(C)c1-c1cc(OC[C@@H](CC2(C(F)(F)F)CC2)N(C)C2CC3(CC3)C2)nc(NS(=O)(=O)c2cccc(C=O)c2)n1. The molecule has 0 saturated heterocycles. The summed E-state index contributed by atoms with van der Waals surface area (Å²) in [6.07, 6.45) is 0.749. The highest BCUT2D eigenvalue weighted by atomic mass is 32.2. The van der Waals surface area contributed by atoms with Crippen LogP contribution in [0.3, 0.4) is 0 Å². The van der Waals surface area contributed by atoms with Crippen LogP contribution < -0.4 is 9.46 Å². The minimum Gasteiger partial charge on any atom is -0.476 e. The summed E-state index contributed by atoms with van der Waals surface area (Å²) in [5.41, 5.74) is 1.82. The molecule has 45 heavy (non-hydrogen) atoms. The van der Waals surface area contributed by atoms with E-state index in [1.807, 2.05) is 44.0 Å². The Kier molecular flexibility index (Phi) is 7.96. The third kappa shape index (κ3) is 6.44. The maximum atomic E-state index is 14.1. The highest BCUT2D eigenvalue weighted by Crippen LogP contribution is 2.63. The van der Waals surface area contributed by atoms with E-state index in [0.717, 1.165) is 29.5 Å². The Hall–Kier alpha value is -3.51. The monoisotopic (exact) mass is 642 g/mol. The molecule has 0 aliphatic heterocycles. The molecule has 3 aliphatic carbocycles. The van der Waals surface area contributed by atoms with E-state index < -0.39 is 27.7 Å². The van der Waals surface area contributed by atoms with E-state index >= 15 is 0 Å². The zero-order valence-electron chi connectivity index (χ0n) is 25.5. The quantitative estimate of drug-likeness (QED) is 0.219. The first kappa shape index (κ1) is 31.5. The van der Waals surface area contributed by atoms with Gasteiger partial charge in [-0.25, -0.2) is 18.1 Å². The van der Waals surface area contributed by atoms with E-state index in [2.05, 4.69) is 14.7 Å². The zero-order chi connectivity index (χ0) is 32.2. The number of anilines is 1. The molecule has 0 unspecified atom stereocenters. The highest BCUT2D eigenvalue weighted by molar-refractivity contribution is 7.92. The van der Waals surface area contributed by atoms with Gasteiger partial charge in [-0.05, 0) is 94.5 Å². The van der Waals surface area contributed by atoms with Gasteiger partial charge in [-0.1, -0.05) is 30.3 Å². The third-order valence-electron chi connectivity index (χ3n) is 9.92. The number of nitrogens with one attached hydrogen (secondary N) is 1. The normalized spacial score (nSPS) is 19.2. The number of aryl methyl sites for hydroxylation is 2. The van der Waals surface area contributed by atoms with Crippen molar-refractivity contribution in [3.05, 3.63) is 65.2 Å². The molecule has 0 amide bonds. The molecule has 3 aromatic rings. The molecule has 0 radical (unpaired) electrons. The second-order valence-electron chi connectivity index (χ2n) is 13.2. The van der Waals surface area contributed by atoms with Crippen LogP contribution in [0.5, 0.6) is 5.88 Å². The van der Waals surface area contributed by atoms with Crippen molar-refractivity contribution in [1.29, 1.82) is 0 Å². The van der Waals surface area contributed by atoms with E-state index in [1.54, 1.807) is 6.07 Å². The maximum absolute atomic E-state index is 14.1. The van der Waals surface area contributed by atoms with Crippen molar-refractivity contribution in [2.75, 3.05) is 18.4 Å². The van der Waals surface area contributed by atoms with Crippen LogP contribution in [0.2, 0.25) is 0 Å². The fourth-order valence-corrected chi connectivity index (χ4v) is 7.64. The molecule has 1 atom stereocenters. The van der Waals surface area contributed by atoms with E-state index in [0.29, 0.717) is 17.4 Å². The zero-order valence-corrected chi connectivity index (χ0v) is 26.3. The van der Waals surface area contributed by atoms with Crippen LogP contribution in [0.15, 0.2) is 53.4 Å². The Balaban J connectivity index is 1.31. The van der Waals surface area contributed by atoms with Crippen LogP contribution in [0.1, 0.15) is 66.4 Å². The number of aldehydes is 1. The van der Waals surface area contributed by atoms with Crippen molar-refractivity contribution in [2.24, 2.45) is 10.8 Å². The minimum atomic E-state index is -4.29. The number of carbonyl (C=O) groups is 1. The van der Waals surface area contributed by atoms with Gasteiger partial charge in [0.15, 0.2) is 0 Å². The Morgan fingerprint density at radius 2 is 1.71 bits per heavy atom. The first-order valence-corrected chi connectivity index (χ1v) is 16.7. The lowest BCUT2D eigenvalue weighted by Crippen LogP contribution is -2.51. The summed E-state index contributed by atoms with van der Waals surface area (Å²) < 4.78 is 77.3. The molecule has 12 heteroatoms. The number of hydrogen-bond acceptors (Lipinski definition) is 7. The summed E-state index contributed by atoms with van der Waals surface area (Å²) in [5.74, 6) is -0.209. The van der Waals surface area contributed by atoms with Gasteiger partial charge in [0, 0.05) is 29.3 Å². The van der Waals surface area contributed by atoms with Gasteiger partial charge in [-0.2, -0.15) is 18.2 Å². The molecule has 3 aliphatic rings. The molecule has 1 N–H and O–H groups in total. The lowest BCUT2D eigenvalue weighted by molar-refractivity contribution is -0.194. The Morgan fingerprint density at radius 1 is 1.04 bits per heavy atom. The maximum Gasteiger partial charge on any atom is 0.394 e. The summed E-state index contributed by atoms with van der Waals surface area (Å²) in [5, 5.41) is 0. The summed E-state index contributed by atoms with van der Waals surface area (Å²) in [4.78, 5) is 22.0. The van der Waals surface area contributed by atoms with Crippen molar-refractivity contribution < 1.29 is 31.1 Å². The summed E-state index contributed by atoms with van der Waals surface area (Å²) in [7, 11) is -2.31. The molecule has 3 fully saturated rings. The third-order valence-corrected chi connectivity index (χ3v) is 11.2. The molecule has 0 bridgehead atoms.